The van der Waals surface area contributed by atoms with E-state index in [4.69, 9.17) is 9.47 Å². The minimum absolute atomic E-state index is 0.218. The third-order valence-corrected chi connectivity index (χ3v) is 3.79. The van der Waals surface area contributed by atoms with E-state index in [1.807, 2.05) is 19.1 Å². The molecule has 1 N–H and O–H groups in total. The average Bonchev–Trinajstić information content (AvgIpc) is 3.13. The molecule has 1 aromatic heterocycles. The van der Waals surface area contributed by atoms with Gasteiger partial charge in [-0.1, -0.05) is 28.5 Å². The van der Waals surface area contributed by atoms with Gasteiger partial charge in [-0.25, -0.2) is 10.1 Å². The standard InChI is InChI=1S/C20H20N4O4/c1-3-26-19-11-15(12-21-22-20(25)16-7-5-4-6-8-16)9-10-18(19)27-13-17-14(2)23-28-24-17/h4-12H,3,13H2,1-2H3,(H,22,25)/b21-12+. The summed E-state index contributed by atoms with van der Waals surface area (Å²) in [4.78, 5) is 12.0. The second-order valence-electron chi connectivity index (χ2n) is 5.79. The number of amides is 1. The van der Waals surface area contributed by atoms with Crippen LogP contribution in [0.25, 0.3) is 0 Å². The molecular weight excluding hydrogens is 360 g/mol. The molecule has 3 rings (SSSR count). The summed E-state index contributed by atoms with van der Waals surface area (Å²) >= 11 is 0. The topological polar surface area (TPSA) is 98.8 Å². The fourth-order valence-corrected chi connectivity index (χ4v) is 2.34. The number of hydrogen-bond donors (Lipinski definition) is 1. The Labute approximate surface area is 162 Å². The zero-order chi connectivity index (χ0) is 19.8. The molecular formula is C20H20N4O4. The Morgan fingerprint density at radius 2 is 1.96 bits per heavy atom. The molecule has 0 saturated carbocycles. The van der Waals surface area contributed by atoms with Crippen LogP contribution in [-0.4, -0.2) is 29.0 Å². The van der Waals surface area contributed by atoms with E-state index >= 15 is 0 Å². The van der Waals surface area contributed by atoms with Gasteiger partial charge in [0.15, 0.2) is 11.5 Å². The molecule has 0 aliphatic carbocycles. The van der Waals surface area contributed by atoms with Crippen LogP contribution in [-0.2, 0) is 6.61 Å². The Hall–Kier alpha value is -3.68. The lowest BCUT2D eigenvalue weighted by Gasteiger charge is -2.11. The molecule has 0 saturated heterocycles. The lowest BCUT2D eigenvalue weighted by molar-refractivity contribution is 0.0955. The molecule has 8 nitrogen and oxygen atoms in total. The quantitative estimate of drug-likeness (QED) is 0.476. The Morgan fingerprint density at radius 1 is 1.14 bits per heavy atom. The number of ether oxygens (including phenoxy) is 2. The number of hydrazone groups is 1. The number of hydrogen-bond acceptors (Lipinski definition) is 7. The Morgan fingerprint density at radius 3 is 2.68 bits per heavy atom. The van der Waals surface area contributed by atoms with Gasteiger partial charge < -0.3 is 9.47 Å². The zero-order valence-electron chi connectivity index (χ0n) is 15.6. The molecule has 0 atom stereocenters. The highest BCUT2D eigenvalue weighted by Gasteiger charge is 2.10. The van der Waals surface area contributed by atoms with Crippen molar-refractivity contribution in [2.45, 2.75) is 20.5 Å². The van der Waals surface area contributed by atoms with Crippen molar-refractivity contribution in [2.24, 2.45) is 5.10 Å². The maximum absolute atomic E-state index is 12.0. The highest BCUT2D eigenvalue weighted by Crippen LogP contribution is 2.29. The van der Waals surface area contributed by atoms with E-state index in [0.29, 0.717) is 35.1 Å². The normalized spacial score (nSPS) is 10.8. The van der Waals surface area contributed by atoms with Gasteiger partial charge in [0.1, 0.15) is 18.0 Å². The molecule has 3 aromatic rings. The summed E-state index contributed by atoms with van der Waals surface area (Å²) in [6.07, 6.45) is 1.54. The smallest absolute Gasteiger partial charge is 0.271 e. The first-order chi connectivity index (χ1) is 13.7. The maximum Gasteiger partial charge on any atom is 0.271 e. The van der Waals surface area contributed by atoms with E-state index in [9.17, 15) is 4.79 Å². The van der Waals surface area contributed by atoms with Crippen LogP contribution in [0.2, 0.25) is 0 Å². The number of aryl methyl sites for hydroxylation is 1. The number of rotatable bonds is 8. The summed E-state index contributed by atoms with van der Waals surface area (Å²) in [6.45, 7) is 4.38. The van der Waals surface area contributed by atoms with E-state index in [1.54, 1.807) is 49.5 Å². The first-order valence-electron chi connectivity index (χ1n) is 8.73. The predicted molar refractivity (Wildman–Crippen MR) is 102 cm³/mol. The summed E-state index contributed by atoms with van der Waals surface area (Å²) in [5.74, 6) is 0.850. The summed E-state index contributed by atoms with van der Waals surface area (Å²) in [7, 11) is 0. The first kappa shape index (κ1) is 19.1. The fourth-order valence-electron chi connectivity index (χ4n) is 2.34. The Bertz CT molecular complexity index is 954. The number of carbonyl (C=O) groups is 1. The predicted octanol–water partition coefficient (Wildman–Crippen LogP) is 3.12. The number of benzene rings is 2. The third kappa shape index (κ3) is 4.94. The summed E-state index contributed by atoms with van der Waals surface area (Å²) in [5.41, 5.74) is 5.09. The van der Waals surface area contributed by atoms with E-state index in [2.05, 4.69) is 25.5 Å². The lowest BCUT2D eigenvalue weighted by Crippen LogP contribution is -2.17. The van der Waals surface area contributed by atoms with Crippen LogP contribution < -0.4 is 14.9 Å². The van der Waals surface area contributed by atoms with Crippen molar-refractivity contribution >= 4 is 12.1 Å². The van der Waals surface area contributed by atoms with Gasteiger partial charge in [0.2, 0.25) is 0 Å². The minimum Gasteiger partial charge on any atom is -0.490 e. The van der Waals surface area contributed by atoms with Crippen LogP contribution in [0.1, 0.15) is 34.2 Å². The van der Waals surface area contributed by atoms with Gasteiger partial charge in [0.25, 0.3) is 5.91 Å². The van der Waals surface area contributed by atoms with Gasteiger partial charge >= 0.3 is 0 Å². The molecule has 0 bridgehead atoms. The monoisotopic (exact) mass is 380 g/mol. The summed E-state index contributed by atoms with van der Waals surface area (Å²) < 4.78 is 16.1. The molecule has 0 fully saturated rings. The zero-order valence-corrected chi connectivity index (χ0v) is 15.6. The van der Waals surface area contributed by atoms with Crippen LogP contribution in [0.3, 0.4) is 0 Å². The van der Waals surface area contributed by atoms with Crippen molar-refractivity contribution in [2.75, 3.05) is 6.61 Å². The summed E-state index contributed by atoms with van der Waals surface area (Å²) in [5, 5.41) is 11.5. The van der Waals surface area contributed by atoms with E-state index in [0.717, 1.165) is 5.56 Å². The Kier molecular flexibility index (Phi) is 6.35. The highest BCUT2D eigenvalue weighted by atomic mass is 16.6. The van der Waals surface area contributed by atoms with Gasteiger partial charge in [-0.2, -0.15) is 5.10 Å². The van der Waals surface area contributed by atoms with E-state index in [1.165, 1.54) is 0 Å². The van der Waals surface area contributed by atoms with E-state index in [-0.39, 0.29) is 12.5 Å². The van der Waals surface area contributed by atoms with Crippen molar-refractivity contribution < 1.29 is 18.9 Å². The molecule has 8 heteroatoms. The van der Waals surface area contributed by atoms with Crippen LogP contribution in [0.5, 0.6) is 11.5 Å². The van der Waals surface area contributed by atoms with Crippen molar-refractivity contribution in [3.63, 3.8) is 0 Å². The van der Waals surface area contributed by atoms with Crippen LogP contribution in [0.4, 0.5) is 0 Å². The van der Waals surface area contributed by atoms with Crippen molar-refractivity contribution in [3.05, 3.63) is 71.0 Å². The van der Waals surface area contributed by atoms with Crippen molar-refractivity contribution in [1.29, 1.82) is 0 Å². The number of aromatic nitrogens is 2. The molecule has 0 radical (unpaired) electrons. The van der Waals surface area contributed by atoms with E-state index < -0.39 is 0 Å². The Balaban J connectivity index is 1.66. The van der Waals surface area contributed by atoms with Gasteiger partial charge in [-0.05, 0) is 49.7 Å². The van der Waals surface area contributed by atoms with Crippen LogP contribution in [0, 0.1) is 6.92 Å². The van der Waals surface area contributed by atoms with Crippen molar-refractivity contribution in [1.82, 2.24) is 15.7 Å². The maximum atomic E-state index is 12.0. The number of nitrogens with one attached hydrogen (secondary N) is 1. The molecule has 0 unspecified atom stereocenters. The molecule has 2 aromatic carbocycles. The van der Waals surface area contributed by atoms with Crippen LogP contribution >= 0.6 is 0 Å². The molecule has 0 aliphatic rings. The molecule has 28 heavy (non-hydrogen) atoms. The number of carbonyl (C=O) groups excluding carboxylic acids is 1. The lowest BCUT2D eigenvalue weighted by atomic mass is 10.2. The first-order valence-corrected chi connectivity index (χ1v) is 8.73. The van der Waals surface area contributed by atoms with Crippen molar-refractivity contribution in [3.8, 4) is 11.5 Å². The molecule has 1 amide bonds. The van der Waals surface area contributed by atoms with Gasteiger partial charge in [0.05, 0.1) is 12.8 Å². The largest absolute Gasteiger partial charge is 0.490 e. The number of nitrogens with zero attached hydrogens (tertiary/aromatic N) is 3. The van der Waals surface area contributed by atoms with Gasteiger partial charge in [-0.15, -0.1) is 0 Å². The second-order valence-corrected chi connectivity index (χ2v) is 5.79. The molecule has 144 valence electrons. The molecule has 0 spiro atoms. The average molecular weight is 380 g/mol. The van der Waals surface area contributed by atoms with Gasteiger partial charge in [0, 0.05) is 5.56 Å². The minimum atomic E-state index is -0.279. The molecule has 1 heterocycles. The highest BCUT2D eigenvalue weighted by molar-refractivity contribution is 5.94. The van der Waals surface area contributed by atoms with Crippen LogP contribution in [0.15, 0.2) is 58.3 Å². The fraction of sp³-hybridized carbons (Fsp3) is 0.200. The third-order valence-electron chi connectivity index (χ3n) is 3.79. The SMILES string of the molecule is CCOc1cc(/C=N/NC(=O)c2ccccc2)ccc1OCc1nonc1C. The second kappa shape index (κ2) is 9.31. The van der Waals surface area contributed by atoms with Gasteiger partial charge in [-0.3, -0.25) is 4.79 Å². The molecule has 0 aliphatic heterocycles. The summed E-state index contributed by atoms with van der Waals surface area (Å²) in [6, 6.07) is 14.2.